The second-order valence-corrected chi connectivity index (χ2v) is 8.48. The molecule has 1 aliphatic heterocycles. The van der Waals surface area contributed by atoms with E-state index in [9.17, 15) is 4.79 Å². The maximum Gasteiger partial charge on any atom is 0.220 e. The summed E-state index contributed by atoms with van der Waals surface area (Å²) < 4.78 is 1.92. The molecule has 144 valence electrons. The number of nitrogens with zero attached hydrogens (tertiary/aromatic N) is 5. The smallest absolute Gasteiger partial charge is 0.220 e. The summed E-state index contributed by atoms with van der Waals surface area (Å²) in [5.74, 6) is 3.28. The van der Waals surface area contributed by atoms with Crippen molar-refractivity contribution < 1.29 is 4.79 Å². The van der Waals surface area contributed by atoms with Crippen LogP contribution < -0.4 is 10.2 Å². The van der Waals surface area contributed by atoms with Crippen LogP contribution in [0.3, 0.4) is 0 Å². The van der Waals surface area contributed by atoms with Crippen molar-refractivity contribution in [2.45, 2.75) is 69.7 Å². The Hall–Kier alpha value is -2.18. The van der Waals surface area contributed by atoms with E-state index in [1.807, 2.05) is 16.6 Å². The highest BCUT2D eigenvalue weighted by Gasteiger charge is 2.30. The van der Waals surface area contributed by atoms with Gasteiger partial charge in [-0.3, -0.25) is 4.79 Å². The largest absolute Gasteiger partial charge is 0.355 e. The standard InChI is InChI=1S/C20H28N6O/c27-19(21-16-3-1-2-4-16)13-14-9-11-25(12-10-14)18-8-7-17-22-23-20(15-5-6-15)26(17)24-18/h7-8,14-16H,1-6,9-13H2,(H,21,27). The first-order valence-electron chi connectivity index (χ1n) is 10.5. The van der Waals surface area contributed by atoms with Gasteiger partial charge in [-0.2, -0.15) is 4.52 Å². The number of carbonyl (C=O) groups is 1. The van der Waals surface area contributed by atoms with Crippen molar-refractivity contribution >= 4 is 17.4 Å². The Labute approximate surface area is 159 Å². The summed E-state index contributed by atoms with van der Waals surface area (Å²) >= 11 is 0. The zero-order valence-corrected chi connectivity index (χ0v) is 15.8. The van der Waals surface area contributed by atoms with Gasteiger partial charge in [0.15, 0.2) is 11.5 Å². The summed E-state index contributed by atoms with van der Waals surface area (Å²) in [4.78, 5) is 14.6. The fourth-order valence-corrected chi connectivity index (χ4v) is 4.55. The third-order valence-corrected chi connectivity index (χ3v) is 6.35. The lowest BCUT2D eigenvalue weighted by atomic mass is 9.93. The second kappa shape index (κ2) is 7.09. The van der Waals surface area contributed by atoms with Crippen LogP contribution in [0, 0.1) is 5.92 Å². The molecule has 0 aromatic carbocycles. The average molecular weight is 368 g/mol. The minimum absolute atomic E-state index is 0.249. The Balaban J connectivity index is 1.18. The molecule has 0 bridgehead atoms. The van der Waals surface area contributed by atoms with Crippen molar-refractivity contribution in [2.75, 3.05) is 18.0 Å². The van der Waals surface area contributed by atoms with Crippen molar-refractivity contribution in [2.24, 2.45) is 5.92 Å². The zero-order valence-electron chi connectivity index (χ0n) is 15.8. The van der Waals surface area contributed by atoms with Gasteiger partial charge in [0, 0.05) is 31.5 Å². The van der Waals surface area contributed by atoms with Crippen molar-refractivity contribution in [3.05, 3.63) is 18.0 Å². The van der Waals surface area contributed by atoms with Crippen LogP contribution in [0.2, 0.25) is 0 Å². The number of hydrogen-bond acceptors (Lipinski definition) is 5. The van der Waals surface area contributed by atoms with Crippen LogP contribution in [0.4, 0.5) is 5.82 Å². The van der Waals surface area contributed by atoms with E-state index in [1.54, 1.807) is 0 Å². The maximum atomic E-state index is 12.3. The van der Waals surface area contributed by atoms with E-state index < -0.39 is 0 Å². The highest BCUT2D eigenvalue weighted by atomic mass is 16.1. The predicted octanol–water partition coefficient (Wildman–Crippen LogP) is 2.67. The van der Waals surface area contributed by atoms with Gasteiger partial charge in [0.25, 0.3) is 0 Å². The van der Waals surface area contributed by atoms with Gasteiger partial charge in [-0.25, -0.2) is 0 Å². The molecule has 1 N–H and O–H groups in total. The molecule has 0 atom stereocenters. The van der Waals surface area contributed by atoms with E-state index in [0.29, 0.717) is 24.3 Å². The van der Waals surface area contributed by atoms with Crippen molar-refractivity contribution in [1.29, 1.82) is 0 Å². The molecule has 0 unspecified atom stereocenters. The molecule has 7 nitrogen and oxygen atoms in total. The van der Waals surface area contributed by atoms with Crippen molar-refractivity contribution in [3.8, 4) is 0 Å². The Bertz CT molecular complexity index is 815. The lowest BCUT2D eigenvalue weighted by molar-refractivity contribution is -0.122. The normalized spacial score (nSPS) is 21.9. The molecule has 2 aromatic heterocycles. The molecule has 7 heteroatoms. The monoisotopic (exact) mass is 368 g/mol. The van der Waals surface area contributed by atoms with E-state index in [-0.39, 0.29) is 5.91 Å². The summed E-state index contributed by atoms with van der Waals surface area (Å²) in [6.07, 6.45) is 10.0. The molecule has 1 amide bonds. The second-order valence-electron chi connectivity index (χ2n) is 8.48. The minimum Gasteiger partial charge on any atom is -0.355 e. The molecule has 3 heterocycles. The Morgan fingerprint density at radius 3 is 2.56 bits per heavy atom. The molecule has 1 saturated heterocycles. The SMILES string of the molecule is O=C(CC1CCN(c2ccc3nnc(C4CC4)n3n2)CC1)NC1CCCC1. The molecule has 5 rings (SSSR count). The third kappa shape index (κ3) is 3.64. The van der Waals surface area contributed by atoms with E-state index in [0.717, 1.165) is 56.1 Å². The topological polar surface area (TPSA) is 75.4 Å². The highest BCUT2D eigenvalue weighted by molar-refractivity contribution is 5.76. The van der Waals surface area contributed by atoms with Gasteiger partial charge in [-0.15, -0.1) is 15.3 Å². The number of rotatable bonds is 5. The van der Waals surface area contributed by atoms with E-state index >= 15 is 0 Å². The van der Waals surface area contributed by atoms with Gasteiger partial charge in [0.2, 0.25) is 5.91 Å². The number of hydrogen-bond donors (Lipinski definition) is 1. The summed E-state index contributed by atoms with van der Waals surface area (Å²) in [5.41, 5.74) is 0.833. The minimum atomic E-state index is 0.249. The van der Waals surface area contributed by atoms with E-state index in [4.69, 9.17) is 5.10 Å². The van der Waals surface area contributed by atoms with Crippen LogP contribution in [-0.4, -0.2) is 44.8 Å². The molecule has 3 fully saturated rings. The number of carbonyl (C=O) groups excluding carboxylic acids is 1. The van der Waals surface area contributed by atoms with Crippen LogP contribution >= 0.6 is 0 Å². The number of aromatic nitrogens is 4. The number of amides is 1. The van der Waals surface area contributed by atoms with Crippen LogP contribution in [0.15, 0.2) is 12.1 Å². The van der Waals surface area contributed by atoms with Crippen molar-refractivity contribution in [1.82, 2.24) is 25.1 Å². The maximum absolute atomic E-state index is 12.3. The van der Waals surface area contributed by atoms with Gasteiger partial charge < -0.3 is 10.2 Å². The molecule has 27 heavy (non-hydrogen) atoms. The Morgan fingerprint density at radius 1 is 1.04 bits per heavy atom. The lowest BCUT2D eigenvalue weighted by Gasteiger charge is -2.32. The number of fused-ring (bicyclic) bond motifs is 1. The first-order chi connectivity index (χ1) is 13.3. The highest BCUT2D eigenvalue weighted by Crippen LogP contribution is 2.38. The summed E-state index contributed by atoms with van der Waals surface area (Å²) in [6.45, 7) is 1.92. The first-order valence-corrected chi connectivity index (χ1v) is 10.5. The summed E-state index contributed by atoms with van der Waals surface area (Å²) in [7, 11) is 0. The zero-order chi connectivity index (χ0) is 18.2. The average Bonchev–Trinajstić information content (AvgIpc) is 3.23. The van der Waals surface area contributed by atoms with Gasteiger partial charge in [0.05, 0.1) is 0 Å². The molecule has 2 aromatic rings. The fourth-order valence-electron chi connectivity index (χ4n) is 4.55. The van der Waals surface area contributed by atoms with Crippen molar-refractivity contribution in [3.63, 3.8) is 0 Å². The van der Waals surface area contributed by atoms with Crippen LogP contribution in [0.1, 0.15) is 69.5 Å². The number of anilines is 1. The molecule has 0 radical (unpaired) electrons. The molecular weight excluding hydrogens is 340 g/mol. The van der Waals surface area contributed by atoms with Crippen LogP contribution in [-0.2, 0) is 4.79 Å². The van der Waals surface area contributed by atoms with E-state index in [2.05, 4.69) is 20.4 Å². The molecule has 2 aliphatic carbocycles. The summed E-state index contributed by atoms with van der Waals surface area (Å²) in [6, 6.07) is 4.49. The van der Waals surface area contributed by atoms with Crippen LogP contribution in [0.25, 0.3) is 5.65 Å². The third-order valence-electron chi connectivity index (χ3n) is 6.35. The molecule has 3 aliphatic rings. The molecule has 2 saturated carbocycles. The first kappa shape index (κ1) is 17.0. The van der Waals surface area contributed by atoms with E-state index in [1.165, 1.54) is 25.7 Å². The fraction of sp³-hybridized carbons (Fsp3) is 0.700. The van der Waals surface area contributed by atoms with Gasteiger partial charge in [-0.05, 0) is 56.6 Å². The van der Waals surface area contributed by atoms with Crippen LogP contribution in [0.5, 0.6) is 0 Å². The molecule has 0 spiro atoms. The summed E-state index contributed by atoms with van der Waals surface area (Å²) in [5, 5.41) is 16.6. The number of piperidine rings is 1. The van der Waals surface area contributed by atoms with Gasteiger partial charge in [-0.1, -0.05) is 12.8 Å². The Kier molecular flexibility index (Phi) is 4.45. The number of nitrogens with one attached hydrogen (secondary N) is 1. The van der Waals surface area contributed by atoms with Gasteiger partial charge in [0.1, 0.15) is 5.82 Å². The lowest BCUT2D eigenvalue weighted by Crippen LogP contribution is -2.38. The predicted molar refractivity (Wildman–Crippen MR) is 103 cm³/mol. The Morgan fingerprint density at radius 2 is 1.81 bits per heavy atom. The quantitative estimate of drug-likeness (QED) is 0.878. The van der Waals surface area contributed by atoms with Gasteiger partial charge >= 0.3 is 0 Å². The molecular formula is C20H28N6O.